The maximum absolute atomic E-state index is 10.6. The van der Waals surface area contributed by atoms with Gasteiger partial charge in [0.15, 0.2) is 0 Å². The van der Waals surface area contributed by atoms with Gasteiger partial charge in [0.25, 0.3) is 0 Å². The highest BCUT2D eigenvalue weighted by molar-refractivity contribution is 5.84. The number of nitrogens with one attached hydrogen (secondary N) is 1. The first-order valence-corrected chi connectivity index (χ1v) is 9.48. The number of carboxylic acids is 1. The van der Waals surface area contributed by atoms with E-state index in [1.807, 2.05) is 0 Å². The quantitative estimate of drug-likeness (QED) is 0.794. The van der Waals surface area contributed by atoms with Crippen molar-refractivity contribution in [2.75, 3.05) is 18.4 Å². The van der Waals surface area contributed by atoms with Crippen molar-refractivity contribution in [3.63, 3.8) is 0 Å². The van der Waals surface area contributed by atoms with E-state index in [1.54, 1.807) is 12.4 Å². The van der Waals surface area contributed by atoms with Crippen molar-refractivity contribution < 1.29 is 9.90 Å². The summed E-state index contributed by atoms with van der Waals surface area (Å²) in [5.74, 6) is -0.251. The third-order valence-electron chi connectivity index (χ3n) is 5.42. The Hall–Kier alpha value is -2.73. The SMILES string of the molecule is O=C(O)C=Cc1cnc(N[C@@H]2CCCN(C3Cc4ccccc4C3)C2)cn1. The van der Waals surface area contributed by atoms with Crippen LogP contribution in [-0.4, -0.2) is 51.1 Å². The van der Waals surface area contributed by atoms with Gasteiger partial charge in [-0.15, -0.1) is 0 Å². The number of likely N-dealkylation sites (tertiary alicyclic amines) is 1. The van der Waals surface area contributed by atoms with Crippen LogP contribution in [0.4, 0.5) is 5.82 Å². The topological polar surface area (TPSA) is 78.3 Å². The Morgan fingerprint density at radius 2 is 1.96 bits per heavy atom. The molecule has 2 heterocycles. The molecular weight excluding hydrogens is 340 g/mol. The highest BCUT2D eigenvalue weighted by atomic mass is 16.4. The van der Waals surface area contributed by atoms with Gasteiger partial charge in [-0.2, -0.15) is 0 Å². The lowest BCUT2D eigenvalue weighted by atomic mass is 10.0. The Kier molecular flexibility index (Phi) is 5.16. The number of anilines is 1. The normalized spacial score (nSPS) is 20.7. The number of hydrogen-bond acceptors (Lipinski definition) is 5. The maximum Gasteiger partial charge on any atom is 0.328 e. The lowest BCUT2D eigenvalue weighted by Gasteiger charge is -2.37. The molecule has 6 heteroatoms. The summed E-state index contributed by atoms with van der Waals surface area (Å²) in [4.78, 5) is 21.8. The van der Waals surface area contributed by atoms with Gasteiger partial charge in [0.2, 0.25) is 0 Å². The van der Waals surface area contributed by atoms with E-state index >= 15 is 0 Å². The number of fused-ring (bicyclic) bond motifs is 1. The van der Waals surface area contributed by atoms with Gasteiger partial charge in [0.05, 0.1) is 18.1 Å². The number of aromatic nitrogens is 2. The van der Waals surface area contributed by atoms with Crippen LogP contribution < -0.4 is 5.32 Å². The number of hydrogen-bond donors (Lipinski definition) is 2. The molecule has 2 N–H and O–H groups in total. The molecule has 1 atom stereocenters. The van der Waals surface area contributed by atoms with Crippen molar-refractivity contribution >= 4 is 17.9 Å². The summed E-state index contributed by atoms with van der Waals surface area (Å²) < 4.78 is 0. The van der Waals surface area contributed by atoms with E-state index in [1.165, 1.54) is 23.6 Å². The highest BCUT2D eigenvalue weighted by Gasteiger charge is 2.30. The zero-order valence-corrected chi connectivity index (χ0v) is 15.2. The lowest BCUT2D eigenvalue weighted by Crippen LogP contribution is -2.47. The number of aliphatic carboxylic acids is 1. The molecule has 1 aliphatic heterocycles. The van der Waals surface area contributed by atoms with E-state index in [4.69, 9.17) is 5.11 Å². The van der Waals surface area contributed by atoms with E-state index in [9.17, 15) is 4.79 Å². The summed E-state index contributed by atoms with van der Waals surface area (Å²) in [6.07, 6.45) is 10.4. The second-order valence-electron chi connectivity index (χ2n) is 7.31. The number of carboxylic acid groups (broad SMARTS) is 1. The van der Waals surface area contributed by atoms with E-state index in [-0.39, 0.29) is 0 Å². The van der Waals surface area contributed by atoms with Gasteiger partial charge in [-0.1, -0.05) is 24.3 Å². The summed E-state index contributed by atoms with van der Waals surface area (Å²) >= 11 is 0. The zero-order chi connectivity index (χ0) is 18.6. The molecule has 0 saturated carbocycles. The number of benzene rings is 1. The van der Waals surface area contributed by atoms with Crippen LogP contribution in [0.5, 0.6) is 0 Å². The van der Waals surface area contributed by atoms with Gasteiger partial charge in [0, 0.05) is 24.7 Å². The van der Waals surface area contributed by atoms with Gasteiger partial charge in [-0.05, 0) is 49.4 Å². The monoisotopic (exact) mass is 364 g/mol. The van der Waals surface area contributed by atoms with Crippen LogP contribution in [0.3, 0.4) is 0 Å². The minimum Gasteiger partial charge on any atom is -0.478 e. The fourth-order valence-corrected chi connectivity index (χ4v) is 4.11. The second-order valence-corrected chi connectivity index (χ2v) is 7.31. The summed E-state index contributed by atoms with van der Waals surface area (Å²) in [5.41, 5.74) is 3.53. The molecule has 2 aliphatic rings. The molecule has 0 amide bonds. The van der Waals surface area contributed by atoms with Crippen LogP contribution >= 0.6 is 0 Å². The molecule has 27 heavy (non-hydrogen) atoms. The molecular formula is C21H24N4O2. The molecule has 1 fully saturated rings. The Morgan fingerprint density at radius 1 is 1.19 bits per heavy atom. The highest BCUT2D eigenvalue weighted by Crippen LogP contribution is 2.27. The predicted molar refractivity (Wildman–Crippen MR) is 105 cm³/mol. The first-order chi connectivity index (χ1) is 13.2. The van der Waals surface area contributed by atoms with Crippen LogP contribution in [-0.2, 0) is 17.6 Å². The molecule has 2 aromatic rings. The maximum atomic E-state index is 10.6. The first-order valence-electron chi connectivity index (χ1n) is 9.48. The van der Waals surface area contributed by atoms with E-state index in [0.717, 1.165) is 44.2 Å². The third-order valence-corrected chi connectivity index (χ3v) is 5.42. The van der Waals surface area contributed by atoms with Crippen LogP contribution in [0.25, 0.3) is 6.08 Å². The Labute approximate surface area is 159 Å². The molecule has 4 rings (SSSR count). The van der Waals surface area contributed by atoms with Gasteiger partial charge >= 0.3 is 5.97 Å². The largest absolute Gasteiger partial charge is 0.478 e. The summed E-state index contributed by atoms with van der Waals surface area (Å²) in [6.45, 7) is 2.17. The number of carbonyl (C=O) groups is 1. The van der Waals surface area contributed by atoms with Gasteiger partial charge in [-0.25, -0.2) is 9.78 Å². The predicted octanol–water partition coefficient (Wildman–Crippen LogP) is 2.62. The van der Waals surface area contributed by atoms with Gasteiger partial charge in [-0.3, -0.25) is 9.88 Å². The molecule has 140 valence electrons. The van der Waals surface area contributed by atoms with Crippen molar-refractivity contribution in [2.24, 2.45) is 0 Å². The minimum absolute atomic E-state index is 0.358. The van der Waals surface area contributed by atoms with Crippen LogP contribution in [0.1, 0.15) is 29.7 Å². The molecule has 1 aromatic heterocycles. The molecule has 0 bridgehead atoms. The standard InChI is InChI=1S/C21H24N4O2/c26-21(27)8-7-17-12-23-20(13-22-17)24-18-6-3-9-25(14-18)19-10-15-4-1-2-5-16(15)11-19/h1-2,4-5,7-8,12-13,18-19H,3,6,9-11,14H2,(H,23,24)(H,26,27)/t18-/m1/s1. The minimum atomic E-state index is -0.990. The van der Waals surface area contributed by atoms with Crippen molar-refractivity contribution in [1.82, 2.24) is 14.9 Å². The number of nitrogens with zero attached hydrogens (tertiary/aromatic N) is 3. The number of rotatable bonds is 5. The third kappa shape index (κ3) is 4.34. The van der Waals surface area contributed by atoms with Crippen molar-refractivity contribution in [1.29, 1.82) is 0 Å². The van der Waals surface area contributed by atoms with E-state index in [2.05, 4.69) is 44.5 Å². The first kappa shape index (κ1) is 17.7. The lowest BCUT2D eigenvalue weighted by molar-refractivity contribution is -0.131. The average molecular weight is 364 g/mol. The molecule has 1 saturated heterocycles. The van der Waals surface area contributed by atoms with Crippen LogP contribution in [0, 0.1) is 0 Å². The molecule has 0 spiro atoms. The van der Waals surface area contributed by atoms with Gasteiger partial charge < -0.3 is 10.4 Å². The fraction of sp³-hybridized carbons (Fsp3) is 0.381. The molecule has 6 nitrogen and oxygen atoms in total. The Morgan fingerprint density at radius 3 is 2.63 bits per heavy atom. The van der Waals surface area contributed by atoms with Crippen molar-refractivity contribution in [2.45, 2.75) is 37.8 Å². The average Bonchev–Trinajstić information content (AvgIpc) is 3.12. The van der Waals surface area contributed by atoms with E-state index in [0.29, 0.717) is 17.8 Å². The second kappa shape index (κ2) is 7.88. The van der Waals surface area contributed by atoms with Crippen molar-refractivity contribution in [3.05, 3.63) is 59.6 Å². The van der Waals surface area contributed by atoms with E-state index < -0.39 is 5.97 Å². The summed E-state index contributed by atoms with van der Waals surface area (Å²) in [6, 6.07) is 9.74. The summed E-state index contributed by atoms with van der Waals surface area (Å²) in [7, 11) is 0. The summed E-state index contributed by atoms with van der Waals surface area (Å²) in [5, 5.41) is 12.2. The van der Waals surface area contributed by atoms with Gasteiger partial charge in [0.1, 0.15) is 5.82 Å². The van der Waals surface area contributed by atoms with Crippen LogP contribution in [0.15, 0.2) is 42.7 Å². The molecule has 0 radical (unpaired) electrons. The molecule has 1 aromatic carbocycles. The molecule has 0 unspecified atom stereocenters. The zero-order valence-electron chi connectivity index (χ0n) is 15.2. The number of piperidine rings is 1. The van der Waals surface area contributed by atoms with Crippen molar-refractivity contribution in [3.8, 4) is 0 Å². The smallest absolute Gasteiger partial charge is 0.328 e. The molecule has 1 aliphatic carbocycles. The fourth-order valence-electron chi connectivity index (χ4n) is 4.11. The Balaban J connectivity index is 1.34. The Bertz CT molecular complexity index is 809. The van der Waals surface area contributed by atoms with Crippen LogP contribution in [0.2, 0.25) is 0 Å².